The Hall–Kier alpha value is -2.47. The topological polar surface area (TPSA) is 64.8 Å². The Kier molecular flexibility index (Phi) is 4.60. The van der Waals surface area contributed by atoms with E-state index in [-0.39, 0.29) is 17.4 Å². The van der Waals surface area contributed by atoms with Gasteiger partial charge in [0, 0.05) is 12.0 Å². The van der Waals surface area contributed by atoms with Crippen LogP contribution < -0.4 is 0 Å². The Balaban J connectivity index is 1.75. The Morgan fingerprint density at radius 2 is 1.85 bits per heavy atom. The SMILES string of the molecule is Cc1ccc(-n2nc(-c3ccccc3)nc2CC2CCS(=O)(=O)C2)cc1C. The van der Waals surface area contributed by atoms with Crippen LogP contribution in [0.25, 0.3) is 17.1 Å². The molecule has 0 spiro atoms. The zero-order chi connectivity index (χ0) is 19.0. The van der Waals surface area contributed by atoms with Gasteiger partial charge in [-0.3, -0.25) is 0 Å². The van der Waals surface area contributed by atoms with Gasteiger partial charge in [-0.05, 0) is 49.4 Å². The second-order valence-electron chi connectivity index (χ2n) is 7.37. The highest BCUT2D eigenvalue weighted by Crippen LogP contribution is 2.25. The van der Waals surface area contributed by atoms with E-state index in [0.29, 0.717) is 18.7 Å². The third-order valence-corrected chi connectivity index (χ3v) is 7.08. The maximum absolute atomic E-state index is 11.9. The molecule has 0 aliphatic carbocycles. The van der Waals surface area contributed by atoms with E-state index in [2.05, 4.69) is 26.0 Å². The molecule has 140 valence electrons. The van der Waals surface area contributed by atoms with Gasteiger partial charge in [-0.2, -0.15) is 0 Å². The molecule has 1 saturated heterocycles. The lowest BCUT2D eigenvalue weighted by Gasteiger charge is -2.10. The summed E-state index contributed by atoms with van der Waals surface area (Å²) in [6.07, 6.45) is 1.31. The summed E-state index contributed by atoms with van der Waals surface area (Å²) >= 11 is 0. The lowest BCUT2D eigenvalue weighted by Crippen LogP contribution is -2.12. The fraction of sp³-hybridized carbons (Fsp3) is 0.333. The summed E-state index contributed by atoms with van der Waals surface area (Å²) in [5.41, 5.74) is 4.34. The lowest BCUT2D eigenvalue weighted by molar-refractivity contribution is 0.559. The van der Waals surface area contributed by atoms with Crippen LogP contribution in [0, 0.1) is 19.8 Å². The minimum absolute atomic E-state index is 0.105. The number of aromatic nitrogens is 3. The normalized spacial score (nSPS) is 18.7. The van der Waals surface area contributed by atoms with Gasteiger partial charge in [-0.15, -0.1) is 5.10 Å². The molecule has 0 bridgehead atoms. The molecule has 0 saturated carbocycles. The zero-order valence-corrected chi connectivity index (χ0v) is 16.4. The molecule has 0 radical (unpaired) electrons. The van der Waals surface area contributed by atoms with Crippen LogP contribution in [0.2, 0.25) is 0 Å². The summed E-state index contributed by atoms with van der Waals surface area (Å²) in [5.74, 6) is 2.12. The zero-order valence-electron chi connectivity index (χ0n) is 15.6. The summed E-state index contributed by atoms with van der Waals surface area (Å²) in [7, 11) is -2.91. The largest absolute Gasteiger partial charge is 0.229 e. The maximum atomic E-state index is 11.9. The van der Waals surface area contributed by atoms with E-state index < -0.39 is 9.84 Å². The molecule has 4 rings (SSSR count). The highest BCUT2D eigenvalue weighted by Gasteiger charge is 2.29. The smallest absolute Gasteiger partial charge is 0.181 e. The molecule has 1 fully saturated rings. The lowest BCUT2D eigenvalue weighted by atomic mass is 10.0. The van der Waals surface area contributed by atoms with Gasteiger partial charge in [-0.1, -0.05) is 36.4 Å². The fourth-order valence-corrected chi connectivity index (χ4v) is 5.40. The van der Waals surface area contributed by atoms with Crippen LogP contribution in [0.4, 0.5) is 0 Å². The van der Waals surface area contributed by atoms with E-state index in [1.54, 1.807) is 0 Å². The van der Waals surface area contributed by atoms with Crippen molar-refractivity contribution in [3.05, 3.63) is 65.5 Å². The summed E-state index contributed by atoms with van der Waals surface area (Å²) in [5, 5.41) is 4.76. The van der Waals surface area contributed by atoms with Crippen LogP contribution in [0.15, 0.2) is 48.5 Å². The molecule has 2 heterocycles. The number of sulfone groups is 1. The molecule has 27 heavy (non-hydrogen) atoms. The number of aryl methyl sites for hydroxylation is 2. The van der Waals surface area contributed by atoms with Gasteiger partial charge < -0.3 is 0 Å². The van der Waals surface area contributed by atoms with Crippen LogP contribution in [0.1, 0.15) is 23.4 Å². The summed E-state index contributed by atoms with van der Waals surface area (Å²) < 4.78 is 25.6. The van der Waals surface area contributed by atoms with Crippen molar-refractivity contribution in [1.29, 1.82) is 0 Å². The number of rotatable bonds is 4. The Labute approximate surface area is 160 Å². The molecule has 6 heteroatoms. The van der Waals surface area contributed by atoms with E-state index in [1.165, 1.54) is 11.1 Å². The monoisotopic (exact) mass is 381 g/mol. The van der Waals surface area contributed by atoms with Crippen molar-refractivity contribution in [2.24, 2.45) is 5.92 Å². The van der Waals surface area contributed by atoms with Crippen molar-refractivity contribution in [1.82, 2.24) is 14.8 Å². The molecular weight excluding hydrogens is 358 g/mol. The van der Waals surface area contributed by atoms with Crippen LogP contribution in [0.3, 0.4) is 0 Å². The van der Waals surface area contributed by atoms with E-state index in [1.807, 2.05) is 41.1 Å². The average molecular weight is 382 g/mol. The molecule has 0 N–H and O–H groups in total. The summed E-state index contributed by atoms with van der Waals surface area (Å²) in [6, 6.07) is 16.1. The van der Waals surface area contributed by atoms with Crippen molar-refractivity contribution < 1.29 is 8.42 Å². The summed E-state index contributed by atoms with van der Waals surface area (Å²) in [4.78, 5) is 4.78. The molecular formula is C21H23N3O2S. The molecule has 1 unspecified atom stereocenters. The number of nitrogens with zero attached hydrogens (tertiary/aromatic N) is 3. The van der Waals surface area contributed by atoms with Crippen LogP contribution >= 0.6 is 0 Å². The van der Waals surface area contributed by atoms with Crippen molar-refractivity contribution in [2.45, 2.75) is 26.7 Å². The molecule has 1 aromatic heterocycles. The molecule has 5 nitrogen and oxygen atoms in total. The quantitative estimate of drug-likeness (QED) is 0.693. The Morgan fingerprint density at radius 3 is 2.52 bits per heavy atom. The Morgan fingerprint density at radius 1 is 1.07 bits per heavy atom. The van der Waals surface area contributed by atoms with E-state index in [0.717, 1.165) is 17.1 Å². The minimum Gasteiger partial charge on any atom is -0.229 e. The van der Waals surface area contributed by atoms with E-state index >= 15 is 0 Å². The summed E-state index contributed by atoms with van der Waals surface area (Å²) in [6.45, 7) is 4.16. The van der Waals surface area contributed by atoms with Crippen molar-refractivity contribution in [2.75, 3.05) is 11.5 Å². The first-order chi connectivity index (χ1) is 12.9. The minimum atomic E-state index is -2.91. The van der Waals surface area contributed by atoms with Crippen molar-refractivity contribution in [3.8, 4) is 17.1 Å². The third kappa shape index (κ3) is 3.81. The van der Waals surface area contributed by atoms with E-state index in [4.69, 9.17) is 10.1 Å². The second kappa shape index (κ2) is 6.93. The predicted molar refractivity (Wildman–Crippen MR) is 107 cm³/mol. The maximum Gasteiger partial charge on any atom is 0.181 e. The first kappa shape index (κ1) is 17.9. The highest BCUT2D eigenvalue weighted by atomic mass is 32.2. The third-order valence-electron chi connectivity index (χ3n) is 5.24. The van der Waals surface area contributed by atoms with Gasteiger partial charge in [0.25, 0.3) is 0 Å². The fourth-order valence-electron chi connectivity index (χ4n) is 3.54. The van der Waals surface area contributed by atoms with E-state index in [9.17, 15) is 8.42 Å². The second-order valence-corrected chi connectivity index (χ2v) is 9.60. The van der Waals surface area contributed by atoms with Gasteiger partial charge >= 0.3 is 0 Å². The average Bonchev–Trinajstić information content (AvgIpc) is 3.21. The molecule has 3 aromatic rings. The standard InChI is InChI=1S/C21H23N3O2S/c1-15-8-9-19(12-16(15)2)24-20(13-17-10-11-27(25,26)14-17)22-21(23-24)18-6-4-3-5-7-18/h3-9,12,17H,10-11,13-14H2,1-2H3. The first-order valence-electron chi connectivity index (χ1n) is 9.21. The van der Waals surface area contributed by atoms with Gasteiger partial charge in [0.15, 0.2) is 15.7 Å². The highest BCUT2D eigenvalue weighted by molar-refractivity contribution is 7.91. The van der Waals surface area contributed by atoms with Crippen molar-refractivity contribution >= 4 is 9.84 Å². The van der Waals surface area contributed by atoms with Gasteiger partial charge in [0.1, 0.15) is 5.82 Å². The van der Waals surface area contributed by atoms with Crippen LogP contribution in [0.5, 0.6) is 0 Å². The number of hydrogen-bond acceptors (Lipinski definition) is 4. The van der Waals surface area contributed by atoms with Gasteiger partial charge in [0.05, 0.1) is 17.2 Å². The van der Waals surface area contributed by atoms with Crippen LogP contribution in [-0.4, -0.2) is 34.7 Å². The molecule has 1 aliphatic rings. The van der Waals surface area contributed by atoms with Crippen LogP contribution in [-0.2, 0) is 16.3 Å². The molecule has 1 atom stereocenters. The number of benzene rings is 2. The molecule has 0 amide bonds. The Bertz CT molecular complexity index is 1070. The van der Waals surface area contributed by atoms with Gasteiger partial charge in [-0.25, -0.2) is 18.1 Å². The molecule has 1 aliphatic heterocycles. The van der Waals surface area contributed by atoms with Crippen molar-refractivity contribution in [3.63, 3.8) is 0 Å². The predicted octanol–water partition coefficient (Wildman–Crippen LogP) is 3.53. The number of hydrogen-bond donors (Lipinski definition) is 0. The molecule has 2 aromatic carbocycles. The first-order valence-corrected chi connectivity index (χ1v) is 11.0. The van der Waals surface area contributed by atoms with Gasteiger partial charge in [0.2, 0.25) is 0 Å².